The fourth-order valence-corrected chi connectivity index (χ4v) is 3.62. The van der Waals surface area contributed by atoms with Crippen molar-refractivity contribution in [3.8, 4) is 11.5 Å². The van der Waals surface area contributed by atoms with Gasteiger partial charge in [-0.25, -0.2) is 13.4 Å². The predicted molar refractivity (Wildman–Crippen MR) is 88.7 cm³/mol. The highest BCUT2D eigenvalue weighted by Gasteiger charge is 2.20. The fraction of sp³-hybridized carbons (Fsp3) is 0.167. The molecule has 23 heavy (non-hydrogen) atoms. The molecule has 0 unspecified atom stereocenters. The fourth-order valence-electron chi connectivity index (χ4n) is 2.28. The average Bonchev–Trinajstić information content (AvgIpc) is 2.89. The minimum absolute atomic E-state index is 0.168. The van der Waals surface area contributed by atoms with Crippen LogP contribution in [0.1, 0.15) is 17.0 Å². The van der Waals surface area contributed by atoms with Crippen LogP contribution in [0.2, 0.25) is 0 Å². The van der Waals surface area contributed by atoms with E-state index in [9.17, 15) is 8.42 Å². The van der Waals surface area contributed by atoms with Gasteiger partial charge in [-0.05, 0) is 38.1 Å². The van der Waals surface area contributed by atoms with Gasteiger partial charge in [0, 0.05) is 5.56 Å². The second-order valence-electron chi connectivity index (χ2n) is 5.46. The summed E-state index contributed by atoms with van der Waals surface area (Å²) < 4.78 is 30.7. The molecular weight excluding hydrogens is 310 g/mol. The largest absolute Gasteiger partial charge is 0.441 e. The van der Waals surface area contributed by atoms with E-state index in [2.05, 4.69) is 4.98 Å². The van der Waals surface area contributed by atoms with Gasteiger partial charge in [0.1, 0.15) is 11.5 Å². The Kier molecular flexibility index (Phi) is 4.05. The number of hydrogen-bond acceptors (Lipinski definition) is 4. The van der Waals surface area contributed by atoms with Crippen molar-refractivity contribution in [2.45, 2.75) is 24.5 Å². The van der Waals surface area contributed by atoms with Crippen molar-refractivity contribution in [2.24, 2.45) is 0 Å². The van der Waals surface area contributed by atoms with Crippen LogP contribution in [0.3, 0.4) is 0 Å². The Morgan fingerprint density at radius 2 is 1.61 bits per heavy atom. The molecule has 0 atom stereocenters. The summed E-state index contributed by atoms with van der Waals surface area (Å²) in [6, 6.07) is 16.3. The third-order valence-electron chi connectivity index (χ3n) is 3.62. The molecule has 5 heteroatoms. The lowest BCUT2D eigenvalue weighted by Gasteiger charge is -2.03. The molecule has 0 amide bonds. The quantitative estimate of drug-likeness (QED) is 0.728. The number of hydrogen-bond donors (Lipinski definition) is 0. The van der Waals surface area contributed by atoms with Gasteiger partial charge in [-0.1, -0.05) is 35.9 Å². The van der Waals surface area contributed by atoms with Crippen molar-refractivity contribution in [2.75, 3.05) is 0 Å². The maximum absolute atomic E-state index is 12.5. The van der Waals surface area contributed by atoms with Gasteiger partial charge in [0.25, 0.3) is 0 Å². The molecule has 0 fully saturated rings. The lowest BCUT2D eigenvalue weighted by molar-refractivity contribution is 0.539. The molecule has 0 radical (unpaired) electrons. The van der Waals surface area contributed by atoms with E-state index in [0.29, 0.717) is 22.2 Å². The summed E-state index contributed by atoms with van der Waals surface area (Å²) in [6.07, 6.45) is 0. The van der Waals surface area contributed by atoms with Gasteiger partial charge in [-0.15, -0.1) is 0 Å². The number of benzene rings is 2. The average molecular weight is 327 g/mol. The maximum Gasteiger partial charge on any atom is 0.226 e. The van der Waals surface area contributed by atoms with Crippen LogP contribution >= 0.6 is 0 Å². The van der Waals surface area contributed by atoms with Gasteiger partial charge < -0.3 is 4.42 Å². The molecule has 0 aliphatic rings. The van der Waals surface area contributed by atoms with Crippen LogP contribution in [-0.2, 0) is 15.6 Å². The van der Waals surface area contributed by atoms with Crippen molar-refractivity contribution >= 4 is 9.84 Å². The number of sulfone groups is 1. The van der Waals surface area contributed by atoms with Gasteiger partial charge in [-0.3, -0.25) is 0 Å². The van der Waals surface area contributed by atoms with E-state index in [1.807, 2.05) is 37.3 Å². The van der Waals surface area contributed by atoms with Crippen LogP contribution in [0.4, 0.5) is 0 Å². The number of aromatic nitrogens is 1. The number of rotatable bonds is 4. The number of nitrogens with zero attached hydrogens (tertiary/aromatic N) is 1. The van der Waals surface area contributed by atoms with E-state index < -0.39 is 9.84 Å². The molecule has 0 saturated heterocycles. The third-order valence-corrected chi connectivity index (χ3v) is 5.26. The van der Waals surface area contributed by atoms with E-state index in [-0.39, 0.29) is 5.75 Å². The Morgan fingerprint density at radius 1 is 0.957 bits per heavy atom. The third kappa shape index (κ3) is 3.35. The first-order valence-electron chi connectivity index (χ1n) is 7.27. The Labute approximate surface area is 135 Å². The summed E-state index contributed by atoms with van der Waals surface area (Å²) in [6.45, 7) is 3.66. The first kappa shape index (κ1) is 15.5. The van der Waals surface area contributed by atoms with Crippen LogP contribution < -0.4 is 0 Å². The molecule has 2 aromatic carbocycles. The summed E-state index contributed by atoms with van der Waals surface area (Å²) in [5.74, 6) is 0.801. The Morgan fingerprint density at radius 3 is 2.26 bits per heavy atom. The summed E-state index contributed by atoms with van der Waals surface area (Å²) in [5.41, 5.74) is 2.30. The minimum atomic E-state index is -3.44. The molecule has 1 heterocycles. The smallest absolute Gasteiger partial charge is 0.226 e. The predicted octanol–water partition coefficient (Wildman–Crippen LogP) is 3.93. The first-order valence-corrected chi connectivity index (χ1v) is 8.92. The monoisotopic (exact) mass is 327 g/mol. The van der Waals surface area contributed by atoms with Crippen LogP contribution in [0.5, 0.6) is 0 Å². The van der Waals surface area contributed by atoms with Crippen molar-refractivity contribution in [3.63, 3.8) is 0 Å². The van der Waals surface area contributed by atoms with E-state index in [4.69, 9.17) is 4.42 Å². The highest BCUT2D eigenvalue weighted by atomic mass is 32.2. The molecule has 0 N–H and O–H groups in total. The Hall–Kier alpha value is -2.40. The van der Waals surface area contributed by atoms with Gasteiger partial charge in [0.05, 0.1) is 10.6 Å². The molecule has 0 aliphatic heterocycles. The van der Waals surface area contributed by atoms with Crippen molar-refractivity contribution < 1.29 is 12.8 Å². The van der Waals surface area contributed by atoms with E-state index in [1.54, 1.807) is 31.2 Å². The SMILES string of the molecule is Cc1ccc(S(=O)(=O)Cc2nc(-c3ccccc3)oc2C)cc1. The van der Waals surface area contributed by atoms with Crippen molar-refractivity contribution in [1.82, 2.24) is 4.98 Å². The van der Waals surface area contributed by atoms with E-state index in [1.165, 1.54) is 0 Å². The number of oxazole rings is 1. The zero-order chi connectivity index (χ0) is 16.4. The zero-order valence-electron chi connectivity index (χ0n) is 13.0. The van der Waals surface area contributed by atoms with Crippen molar-refractivity contribution in [1.29, 1.82) is 0 Å². The molecule has 3 aromatic rings. The Balaban J connectivity index is 1.91. The van der Waals surface area contributed by atoms with Crippen LogP contribution in [-0.4, -0.2) is 13.4 Å². The van der Waals surface area contributed by atoms with Crippen molar-refractivity contribution in [3.05, 3.63) is 71.6 Å². The van der Waals surface area contributed by atoms with E-state index in [0.717, 1.165) is 11.1 Å². The van der Waals surface area contributed by atoms with Gasteiger partial charge in [-0.2, -0.15) is 0 Å². The molecule has 0 aliphatic carbocycles. The summed E-state index contributed by atoms with van der Waals surface area (Å²) in [7, 11) is -3.44. The highest BCUT2D eigenvalue weighted by molar-refractivity contribution is 7.90. The standard InChI is InChI=1S/C18H17NO3S/c1-13-8-10-16(11-9-13)23(20,21)12-17-14(2)22-18(19-17)15-6-4-3-5-7-15/h3-11H,12H2,1-2H3. The molecule has 118 valence electrons. The lowest BCUT2D eigenvalue weighted by atomic mass is 10.2. The molecule has 4 nitrogen and oxygen atoms in total. The molecular formula is C18H17NO3S. The number of aryl methyl sites for hydroxylation is 2. The highest BCUT2D eigenvalue weighted by Crippen LogP contribution is 2.24. The second kappa shape index (κ2) is 6.01. The first-order chi connectivity index (χ1) is 11.0. The summed E-state index contributed by atoms with van der Waals surface area (Å²) in [4.78, 5) is 4.66. The van der Waals surface area contributed by atoms with Crippen LogP contribution in [0.15, 0.2) is 63.9 Å². The van der Waals surface area contributed by atoms with Gasteiger partial charge in [0.15, 0.2) is 9.84 Å². The maximum atomic E-state index is 12.5. The lowest BCUT2D eigenvalue weighted by Crippen LogP contribution is -2.06. The molecule has 0 spiro atoms. The van der Waals surface area contributed by atoms with Gasteiger partial charge >= 0.3 is 0 Å². The normalized spacial score (nSPS) is 11.6. The molecule has 1 aromatic heterocycles. The zero-order valence-corrected chi connectivity index (χ0v) is 13.8. The van der Waals surface area contributed by atoms with Gasteiger partial charge in [0.2, 0.25) is 5.89 Å². The Bertz CT molecular complexity index is 911. The van der Waals surface area contributed by atoms with E-state index >= 15 is 0 Å². The van der Waals surface area contributed by atoms with Crippen LogP contribution in [0.25, 0.3) is 11.5 Å². The minimum Gasteiger partial charge on any atom is -0.441 e. The molecule has 0 bridgehead atoms. The molecule has 0 saturated carbocycles. The second-order valence-corrected chi connectivity index (χ2v) is 7.45. The summed E-state index contributed by atoms with van der Waals surface area (Å²) >= 11 is 0. The molecule has 3 rings (SSSR count). The topological polar surface area (TPSA) is 60.2 Å². The summed E-state index contributed by atoms with van der Waals surface area (Å²) in [5, 5.41) is 0. The van der Waals surface area contributed by atoms with Crippen LogP contribution in [0, 0.1) is 13.8 Å².